The zero-order chi connectivity index (χ0) is 9.50. The fraction of sp³-hybridized carbons (Fsp3) is 0.900. The summed E-state index contributed by atoms with van der Waals surface area (Å²) in [6.07, 6.45) is 0.748. The van der Waals surface area contributed by atoms with Gasteiger partial charge in [0.1, 0.15) is 0 Å². The zero-order valence-corrected chi connectivity index (χ0v) is 7.93. The third kappa shape index (κ3) is 0.525. The summed E-state index contributed by atoms with van der Waals surface area (Å²) in [4.78, 5) is 11.6. The molecule has 0 aromatic carbocycles. The number of carbonyl (C=O) groups excluding carboxylic acids is 1. The second-order valence-electron chi connectivity index (χ2n) is 4.83. The smallest absolute Gasteiger partial charge is 0.309 e. The quantitative estimate of drug-likeness (QED) is 0.431. The SMILES string of the molecule is COC(=O)[C@H]1[C@H]2[C@@H]3O[C@@H]3[C@]23COC[C@H]13. The van der Waals surface area contributed by atoms with Crippen molar-refractivity contribution >= 4 is 5.97 Å². The number of epoxide rings is 1. The van der Waals surface area contributed by atoms with Crippen LogP contribution in [0.3, 0.4) is 0 Å². The van der Waals surface area contributed by atoms with Crippen molar-refractivity contribution < 1.29 is 19.0 Å². The van der Waals surface area contributed by atoms with E-state index in [9.17, 15) is 4.79 Å². The Morgan fingerprint density at radius 3 is 3.21 bits per heavy atom. The Balaban J connectivity index is 1.69. The van der Waals surface area contributed by atoms with Crippen LogP contribution >= 0.6 is 0 Å². The standard InChI is InChI=1S/C10H12O4/c1-12-9(11)5-4-2-13-3-10(4)6(5)7-8(10)14-7/h4-8H,2-3H2,1H3/t4-,5-,6+,7+,8+,10+/m1/s1. The third-order valence-corrected chi connectivity index (χ3v) is 4.66. The molecule has 6 atom stereocenters. The molecule has 0 unspecified atom stereocenters. The van der Waals surface area contributed by atoms with Gasteiger partial charge in [0.2, 0.25) is 0 Å². The van der Waals surface area contributed by atoms with Gasteiger partial charge < -0.3 is 14.2 Å². The lowest BCUT2D eigenvalue weighted by atomic mass is 9.38. The van der Waals surface area contributed by atoms with Crippen molar-refractivity contribution in [2.24, 2.45) is 23.2 Å². The molecule has 1 spiro atoms. The summed E-state index contributed by atoms with van der Waals surface area (Å²) in [5.41, 5.74) is 0.212. The first-order valence-electron chi connectivity index (χ1n) is 5.12. The number of hydrogen-bond acceptors (Lipinski definition) is 4. The molecule has 2 heterocycles. The predicted octanol–water partition coefficient (Wildman–Crippen LogP) is -0.181. The first-order valence-corrected chi connectivity index (χ1v) is 5.12. The topological polar surface area (TPSA) is 48.1 Å². The highest BCUT2D eigenvalue weighted by Crippen LogP contribution is 2.77. The van der Waals surface area contributed by atoms with Crippen LogP contribution < -0.4 is 0 Å². The van der Waals surface area contributed by atoms with Crippen LogP contribution in [0.4, 0.5) is 0 Å². The summed E-state index contributed by atoms with van der Waals surface area (Å²) in [6.45, 7) is 1.50. The molecule has 2 aliphatic carbocycles. The summed E-state index contributed by atoms with van der Waals surface area (Å²) >= 11 is 0. The van der Waals surface area contributed by atoms with Crippen molar-refractivity contribution in [3.8, 4) is 0 Å². The summed E-state index contributed by atoms with van der Waals surface area (Å²) in [5.74, 6) is 0.734. The van der Waals surface area contributed by atoms with E-state index in [-0.39, 0.29) is 17.3 Å². The summed E-state index contributed by atoms with van der Waals surface area (Å²) in [5, 5.41) is 0. The highest BCUT2D eigenvalue weighted by atomic mass is 16.6. The number of ether oxygens (including phenoxy) is 3. The van der Waals surface area contributed by atoms with Gasteiger partial charge in [0.15, 0.2) is 0 Å². The van der Waals surface area contributed by atoms with Crippen molar-refractivity contribution in [1.29, 1.82) is 0 Å². The van der Waals surface area contributed by atoms with E-state index in [0.717, 1.165) is 6.61 Å². The molecule has 2 saturated heterocycles. The van der Waals surface area contributed by atoms with Crippen molar-refractivity contribution in [2.75, 3.05) is 20.3 Å². The maximum Gasteiger partial charge on any atom is 0.309 e. The Morgan fingerprint density at radius 2 is 2.43 bits per heavy atom. The van der Waals surface area contributed by atoms with Gasteiger partial charge in [-0.1, -0.05) is 0 Å². The van der Waals surface area contributed by atoms with Crippen LogP contribution in [0.25, 0.3) is 0 Å². The molecular weight excluding hydrogens is 184 g/mol. The largest absolute Gasteiger partial charge is 0.469 e. The molecular formula is C10H12O4. The van der Waals surface area contributed by atoms with Crippen molar-refractivity contribution in [3.63, 3.8) is 0 Å². The Kier molecular flexibility index (Phi) is 1.09. The molecule has 0 radical (unpaired) electrons. The summed E-state index contributed by atoms with van der Waals surface area (Å²) < 4.78 is 15.9. The minimum absolute atomic E-state index is 0.0475. The second kappa shape index (κ2) is 1.99. The number of rotatable bonds is 1. The van der Waals surface area contributed by atoms with Gasteiger partial charge in [-0.25, -0.2) is 0 Å². The number of hydrogen-bond donors (Lipinski definition) is 0. The van der Waals surface area contributed by atoms with E-state index in [4.69, 9.17) is 14.2 Å². The molecule has 76 valence electrons. The van der Waals surface area contributed by atoms with Crippen LogP contribution in [0.15, 0.2) is 0 Å². The van der Waals surface area contributed by atoms with E-state index in [0.29, 0.717) is 30.7 Å². The molecule has 0 bridgehead atoms. The predicted molar refractivity (Wildman–Crippen MR) is 44.4 cm³/mol. The van der Waals surface area contributed by atoms with E-state index < -0.39 is 0 Å². The van der Waals surface area contributed by atoms with E-state index >= 15 is 0 Å². The zero-order valence-electron chi connectivity index (χ0n) is 7.93. The molecule has 4 nitrogen and oxygen atoms in total. The molecule has 0 N–H and O–H groups in total. The molecule has 4 heteroatoms. The molecule has 0 amide bonds. The van der Waals surface area contributed by atoms with E-state index in [1.807, 2.05) is 0 Å². The average molecular weight is 196 g/mol. The van der Waals surface area contributed by atoms with Gasteiger partial charge in [-0.05, 0) is 0 Å². The van der Waals surface area contributed by atoms with E-state index in [1.165, 1.54) is 7.11 Å². The molecule has 4 aliphatic rings. The van der Waals surface area contributed by atoms with Gasteiger partial charge in [-0.3, -0.25) is 4.79 Å². The Bertz CT molecular complexity index is 320. The minimum Gasteiger partial charge on any atom is -0.469 e. The molecule has 14 heavy (non-hydrogen) atoms. The van der Waals surface area contributed by atoms with Crippen LogP contribution in [0, 0.1) is 23.2 Å². The van der Waals surface area contributed by atoms with Crippen LogP contribution in [0.2, 0.25) is 0 Å². The fourth-order valence-corrected chi connectivity index (χ4v) is 4.02. The van der Waals surface area contributed by atoms with E-state index in [1.54, 1.807) is 0 Å². The highest BCUT2D eigenvalue weighted by molar-refractivity contribution is 5.76. The van der Waals surface area contributed by atoms with Gasteiger partial charge in [0, 0.05) is 17.3 Å². The minimum atomic E-state index is -0.0740. The fourth-order valence-electron chi connectivity index (χ4n) is 4.02. The van der Waals surface area contributed by atoms with Crippen molar-refractivity contribution in [1.82, 2.24) is 0 Å². The molecule has 4 fully saturated rings. The third-order valence-electron chi connectivity index (χ3n) is 4.66. The van der Waals surface area contributed by atoms with Gasteiger partial charge in [0.05, 0.1) is 38.4 Å². The number of esters is 1. The first kappa shape index (κ1) is 7.65. The number of carbonyl (C=O) groups is 1. The molecule has 2 aliphatic heterocycles. The molecule has 0 aromatic heterocycles. The van der Waals surface area contributed by atoms with Gasteiger partial charge in [-0.2, -0.15) is 0 Å². The average Bonchev–Trinajstić information content (AvgIpc) is 2.77. The second-order valence-corrected chi connectivity index (χ2v) is 4.83. The highest BCUT2D eigenvalue weighted by Gasteiger charge is 2.87. The van der Waals surface area contributed by atoms with Crippen molar-refractivity contribution in [2.45, 2.75) is 12.2 Å². The van der Waals surface area contributed by atoms with Crippen LogP contribution in [-0.4, -0.2) is 38.5 Å². The monoisotopic (exact) mass is 196 g/mol. The summed E-state index contributed by atoms with van der Waals surface area (Å²) in [7, 11) is 1.46. The normalized spacial score (nSPS) is 61.4. The van der Waals surface area contributed by atoms with Crippen LogP contribution in [0.5, 0.6) is 0 Å². The first-order chi connectivity index (χ1) is 6.80. The van der Waals surface area contributed by atoms with Gasteiger partial charge in [-0.15, -0.1) is 0 Å². The Hall–Kier alpha value is -0.610. The van der Waals surface area contributed by atoms with Crippen LogP contribution in [-0.2, 0) is 19.0 Å². The maximum atomic E-state index is 11.6. The van der Waals surface area contributed by atoms with Gasteiger partial charge >= 0.3 is 5.97 Å². The Morgan fingerprint density at radius 1 is 1.57 bits per heavy atom. The van der Waals surface area contributed by atoms with E-state index in [2.05, 4.69) is 0 Å². The number of fused-ring (bicyclic) bond motifs is 2. The molecule has 4 rings (SSSR count). The lowest BCUT2D eigenvalue weighted by Gasteiger charge is -2.60. The number of methoxy groups -OCH3 is 1. The maximum absolute atomic E-state index is 11.6. The molecule has 2 saturated carbocycles. The van der Waals surface area contributed by atoms with Crippen LogP contribution in [0.1, 0.15) is 0 Å². The summed E-state index contributed by atoms with van der Waals surface area (Å²) in [6, 6.07) is 0. The lowest BCUT2D eigenvalue weighted by Crippen LogP contribution is -2.70. The lowest BCUT2D eigenvalue weighted by molar-refractivity contribution is -0.185. The van der Waals surface area contributed by atoms with Gasteiger partial charge in [0.25, 0.3) is 0 Å². The van der Waals surface area contributed by atoms with Crippen molar-refractivity contribution in [3.05, 3.63) is 0 Å². The Labute approximate surface area is 81.5 Å². The molecule has 0 aromatic rings.